The fourth-order valence-corrected chi connectivity index (χ4v) is 1.87. The Labute approximate surface area is 108 Å². The quantitative estimate of drug-likeness (QED) is 0.872. The van der Waals surface area contributed by atoms with E-state index in [1.54, 1.807) is 0 Å². The minimum atomic E-state index is 0.175. The Kier molecular flexibility index (Phi) is 4.37. The van der Waals surface area contributed by atoms with Gasteiger partial charge in [0.2, 0.25) is 0 Å². The van der Waals surface area contributed by atoms with Crippen LogP contribution < -0.4 is 10.5 Å². The Balaban J connectivity index is 1.97. The van der Waals surface area contributed by atoms with E-state index < -0.39 is 0 Å². The van der Waals surface area contributed by atoms with E-state index in [1.807, 2.05) is 37.3 Å². The molecule has 2 N–H and O–H groups in total. The van der Waals surface area contributed by atoms with Crippen molar-refractivity contribution < 1.29 is 4.74 Å². The molecule has 2 aromatic carbocycles. The zero-order valence-corrected chi connectivity index (χ0v) is 10.7. The lowest BCUT2D eigenvalue weighted by Crippen LogP contribution is -2.17. The molecule has 0 aliphatic rings. The smallest absolute Gasteiger partial charge is 0.120 e. The first-order valence-electron chi connectivity index (χ1n) is 6.25. The molecule has 0 amide bonds. The predicted molar refractivity (Wildman–Crippen MR) is 74.6 cm³/mol. The van der Waals surface area contributed by atoms with Crippen LogP contribution in [0.2, 0.25) is 0 Å². The first kappa shape index (κ1) is 12.7. The molecule has 0 heterocycles. The van der Waals surface area contributed by atoms with Crippen LogP contribution in [0.4, 0.5) is 0 Å². The van der Waals surface area contributed by atoms with Crippen LogP contribution >= 0.6 is 0 Å². The Hall–Kier alpha value is -1.80. The Morgan fingerprint density at radius 1 is 1.00 bits per heavy atom. The van der Waals surface area contributed by atoms with Gasteiger partial charge in [0, 0.05) is 6.04 Å². The minimum absolute atomic E-state index is 0.175. The summed E-state index contributed by atoms with van der Waals surface area (Å²) in [4.78, 5) is 0. The molecule has 18 heavy (non-hydrogen) atoms. The van der Waals surface area contributed by atoms with Gasteiger partial charge in [0.1, 0.15) is 12.4 Å². The van der Waals surface area contributed by atoms with E-state index in [4.69, 9.17) is 10.5 Å². The highest BCUT2D eigenvalue weighted by Gasteiger charge is 2.00. The van der Waals surface area contributed by atoms with Crippen LogP contribution in [-0.2, 0) is 13.0 Å². The Bertz CT molecular complexity index is 479. The zero-order chi connectivity index (χ0) is 12.8. The van der Waals surface area contributed by atoms with Crippen molar-refractivity contribution in [3.8, 4) is 5.75 Å². The first-order valence-corrected chi connectivity index (χ1v) is 6.25. The van der Waals surface area contributed by atoms with E-state index in [1.165, 1.54) is 11.1 Å². The van der Waals surface area contributed by atoms with Crippen LogP contribution in [0.25, 0.3) is 0 Å². The van der Waals surface area contributed by atoms with Gasteiger partial charge in [-0.25, -0.2) is 0 Å². The molecule has 0 spiro atoms. The van der Waals surface area contributed by atoms with Gasteiger partial charge in [-0.05, 0) is 36.6 Å². The van der Waals surface area contributed by atoms with Crippen LogP contribution in [0.1, 0.15) is 18.1 Å². The van der Waals surface area contributed by atoms with E-state index in [0.717, 1.165) is 12.2 Å². The molecular formula is C16H19NO. The van der Waals surface area contributed by atoms with Crippen molar-refractivity contribution in [2.75, 3.05) is 0 Å². The summed E-state index contributed by atoms with van der Waals surface area (Å²) in [5, 5.41) is 0. The molecule has 2 heteroatoms. The molecule has 2 rings (SSSR count). The van der Waals surface area contributed by atoms with Gasteiger partial charge in [-0.1, -0.05) is 42.5 Å². The third kappa shape index (κ3) is 3.90. The minimum Gasteiger partial charge on any atom is -0.489 e. The summed E-state index contributed by atoms with van der Waals surface area (Å²) in [5.41, 5.74) is 8.19. The molecule has 1 atom stereocenters. The molecule has 0 bridgehead atoms. The Morgan fingerprint density at radius 2 is 1.72 bits per heavy atom. The topological polar surface area (TPSA) is 35.2 Å². The number of benzene rings is 2. The van der Waals surface area contributed by atoms with Gasteiger partial charge in [0.05, 0.1) is 0 Å². The van der Waals surface area contributed by atoms with Crippen LogP contribution in [0.3, 0.4) is 0 Å². The number of hydrogen-bond acceptors (Lipinski definition) is 2. The van der Waals surface area contributed by atoms with Gasteiger partial charge in [0.15, 0.2) is 0 Å². The monoisotopic (exact) mass is 241 g/mol. The van der Waals surface area contributed by atoms with Crippen molar-refractivity contribution in [2.45, 2.75) is 26.0 Å². The van der Waals surface area contributed by atoms with E-state index >= 15 is 0 Å². The van der Waals surface area contributed by atoms with Gasteiger partial charge >= 0.3 is 0 Å². The lowest BCUT2D eigenvalue weighted by Gasteiger charge is -2.09. The van der Waals surface area contributed by atoms with Crippen molar-refractivity contribution in [3.05, 3.63) is 65.7 Å². The van der Waals surface area contributed by atoms with Crippen molar-refractivity contribution in [3.63, 3.8) is 0 Å². The second-order valence-corrected chi connectivity index (χ2v) is 4.60. The highest BCUT2D eigenvalue weighted by Crippen LogP contribution is 2.16. The number of rotatable bonds is 5. The fourth-order valence-electron chi connectivity index (χ4n) is 1.87. The number of nitrogens with two attached hydrogens (primary N) is 1. The van der Waals surface area contributed by atoms with E-state index in [9.17, 15) is 0 Å². The van der Waals surface area contributed by atoms with Crippen LogP contribution in [0.5, 0.6) is 5.75 Å². The number of hydrogen-bond donors (Lipinski definition) is 1. The molecule has 0 aliphatic heterocycles. The second kappa shape index (κ2) is 6.22. The summed E-state index contributed by atoms with van der Waals surface area (Å²) >= 11 is 0. The SMILES string of the molecule is C[C@@H](N)Cc1cccc(OCc2ccccc2)c1. The van der Waals surface area contributed by atoms with Gasteiger partial charge in [-0.2, -0.15) is 0 Å². The maximum Gasteiger partial charge on any atom is 0.120 e. The summed E-state index contributed by atoms with van der Waals surface area (Å²) in [5.74, 6) is 0.900. The van der Waals surface area contributed by atoms with Crippen molar-refractivity contribution >= 4 is 0 Å². The summed E-state index contributed by atoms with van der Waals surface area (Å²) in [6, 6.07) is 18.5. The molecule has 0 saturated heterocycles. The highest BCUT2D eigenvalue weighted by atomic mass is 16.5. The highest BCUT2D eigenvalue weighted by molar-refractivity contribution is 5.29. The third-order valence-corrected chi connectivity index (χ3v) is 2.70. The van der Waals surface area contributed by atoms with Gasteiger partial charge in [-0.15, -0.1) is 0 Å². The molecule has 94 valence electrons. The van der Waals surface area contributed by atoms with Crippen LogP contribution in [0, 0.1) is 0 Å². The maximum atomic E-state index is 5.80. The predicted octanol–water partition coefficient (Wildman–Crippen LogP) is 3.16. The van der Waals surface area contributed by atoms with Crippen molar-refractivity contribution in [2.24, 2.45) is 5.73 Å². The fraction of sp³-hybridized carbons (Fsp3) is 0.250. The molecule has 0 aromatic heterocycles. The molecule has 2 aromatic rings. The first-order chi connectivity index (χ1) is 8.74. The lowest BCUT2D eigenvalue weighted by molar-refractivity contribution is 0.306. The molecule has 0 saturated carbocycles. The third-order valence-electron chi connectivity index (χ3n) is 2.70. The van der Waals surface area contributed by atoms with E-state index in [-0.39, 0.29) is 6.04 Å². The summed E-state index contributed by atoms with van der Waals surface area (Å²) in [6.45, 7) is 2.61. The summed E-state index contributed by atoms with van der Waals surface area (Å²) in [7, 11) is 0. The van der Waals surface area contributed by atoms with Crippen LogP contribution in [0.15, 0.2) is 54.6 Å². The summed E-state index contributed by atoms with van der Waals surface area (Å²) < 4.78 is 5.77. The molecular weight excluding hydrogens is 222 g/mol. The Morgan fingerprint density at radius 3 is 2.44 bits per heavy atom. The molecule has 0 fully saturated rings. The lowest BCUT2D eigenvalue weighted by atomic mass is 10.1. The van der Waals surface area contributed by atoms with Gasteiger partial charge in [-0.3, -0.25) is 0 Å². The molecule has 0 aliphatic carbocycles. The van der Waals surface area contributed by atoms with Crippen molar-refractivity contribution in [1.29, 1.82) is 0 Å². The van der Waals surface area contributed by atoms with Gasteiger partial charge in [0.25, 0.3) is 0 Å². The number of ether oxygens (including phenoxy) is 1. The standard InChI is InChI=1S/C16H19NO/c1-13(17)10-15-8-5-9-16(11-15)18-12-14-6-3-2-4-7-14/h2-9,11,13H,10,12,17H2,1H3/t13-/m1/s1. The molecule has 0 unspecified atom stereocenters. The molecule has 0 radical (unpaired) electrons. The normalized spacial score (nSPS) is 12.1. The second-order valence-electron chi connectivity index (χ2n) is 4.60. The van der Waals surface area contributed by atoms with E-state index in [0.29, 0.717) is 6.61 Å². The van der Waals surface area contributed by atoms with Crippen molar-refractivity contribution in [1.82, 2.24) is 0 Å². The largest absolute Gasteiger partial charge is 0.489 e. The van der Waals surface area contributed by atoms with Gasteiger partial charge < -0.3 is 10.5 Å². The zero-order valence-electron chi connectivity index (χ0n) is 10.7. The van der Waals surface area contributed by atoms with Crippen LogP contribution in [-0.4, -0.2) is 6.04 Å². The van der Waals surface area contributed by atoms with E-state index in [2.05, 4.69) is 24.3 Å². The average Bonchev–Trinajstić information content (AvgIpc) is 2.37. The maximum absolute atomic E-state index is 5.80. The molecule has 2 nitrogen and oxygen atoms in total. The summed E-state index contributed by atoms with van der Waals surface area (Å²) in [6.07, 6.45) is 0.878. The average molecular weight is 241 g/mol.